The van der Waals surface area contributed by atoms with Gasteiger partial charge in [-0.05, 0) is 30.5 Å². The van der Waals surface area contributed by atoms with Crippen molar-refractivity contribution in [2.24, 2.45) is 5.92 Å². The van der Waals surface area contributed by atoms with Crippen molar-refractivity contribution in [3.8, 4) is 5.75 Å². The minimum Gasteiger partial charge on any atom is -0.508 e. The lowest BCUT2D eigenvalue weighted by Gasteiger charge is -2.22. The highest BCUT2D eigenvalue weighted by atomic mass is 16.5. The van der Waals surface area contributed by atoms with Crippen LogP contribution in [0, 0.1) is 5.92 Å². The summed E-state index contributed by atoms with van der Waals surface area (Å²) in [6, 6.07) is 10.6. The molecule has 4 rings (SSSR count). The number of carbonyl (C=O) groups excluding carboxylic acids is 1. The van der Waals surface area contributed by atoms with E-state index in [0.29, 0.717) is 37.1 Å². The third-order valence-electron chi connectivity index (χ3n) is 6.03. The van der Waals surface area contributed by atoms with Crippen LogP contribution in [-0.2, 0) is 30.9 Å². The second kappa shape index (κ2) is 10.8. The Kier molecular flexibility index (Phi) is 7.64. The molecule has 0 aliphatic carbocycles. The first-order chi connectivity index (χ1) is 16.4. The predicted molar refractivity (Wildman–Crippen MR) is 126 cm³/mol. The molecule has 0 unspecified atom stereocenters. The van der Waals surface area contributed by atoms with E-state index in [9.17, 15) is 9.90 Å². The number of hydrogen-bond donors (Lipinski definition) is 2. The van der Waals surface area contributed by atoms with Gasteiger partial charge in [0.1, 0.15) is 23.9 Å². The van der Waals surface area contributed by atoms with Gasteiger partial charge in [0.05, 0.1) is 6.04 Å². The quantitative estimate of drug-likeness (QED) is 0.497. The molecule has 182 valence electrons. The van der Waals surface area contributed by atoms with Crippen LogP contribution >= 0.6 is 0 Å². The van der Waals surface area contributed by atoms with Crippen LogP contribution in [0.15, 0.2) is 40.8 Å². The number of phenols is 1. The fourth-order valence-electron chi connectivity index (χ4n) is 4.34. The van der Waals surface area contributed by atoms with Crippen molar-refractivity contribution in [1.29, 1.82) is 0 Å². The Balaban J connectivity index is 1.48. The molecule has 9 heteroatoms. The lowest BCUT2D eigenvalue weighted by molar-refractivity contribution is 0.0892. The highest BCUT2D eigenvalue weighted by molar-refractivity contribution is 5.91. The molecule has 1 aliphatic rings. The summed E-state index contributed by atoms with van der Waals surface area (Å²) in [6.45, 7) is 7.57. The lowest BCUT2D eigenvalue weighted by Crippen LogP contribution is -2.32. The van der Waals surface area contributed by atoms with E-state index in [4.69, 9.17) is 9.15 Å². The Hall–Kier alpha value is -3.17. The third kappa shape index (κ3) is 5.66. The molecule has 3 aromatic rings. The van der Waals surface area contributed by atoms with Crippen molar-refractivity contribution >= 4 is 5.91 Å². The van der Waals surface area contributed by atoms with Crippen LogP contribution in [0.5, 0.6) is 5.75 Å². The molecular formula is C25H33N5O4. The second-order valence-corrected chi connectivity index (χ2v) is 9.14. The predicted octanol–water partition coefficient (Wildman–Crippen LogP) is 3.30. The van der Waals surface area contributed by atoms with E-state index in [2.05, 4.69) is 38.8 Å². The number of ether oxygens (including phenoxy) is 1. The minimum atomic E-state index is -0.283. The van der Waals surface area contributed by atoms with Gasteiger partial charge >= 0.3 is 0 Å². The molecule has 0 fully saturated rings. The van der Waals surface area contributed by atoms with E-state index in [1.807, 2.05) is 18.2 Å². The highest BCUT2D eigenvalue weighted by Crippen LogP contribution is 2.24. The summed E-state index contributed by atoms with van der Waals surface area (Å²) in [5.41, 5.74) is 0.914. The molecule has 0 saturated carbocycles. The number of nitrogens with one attached hydrogen (secondary N) is 1. The van der Waals surface area contributed by atoms with Gasteiger partial charge in [-0.1, -0.05) is 32.0 Å². The summed E-state index contributed by atoms with van der Waals surface area (Å²) >= 11 is 0. The summed E-state index contributed by atoms with van der Waals surface area (Å²) in [5, 5.41) is 22.2. The number of fused-ring (bicyclic) bond motifs is 1. The van der Waals surface area contributed by atoms with E-state index in [1.165, 1.54) is 0 Å². The number of rotatable bonds is 9. The Morgan fingerprint density at radius 3 is 2.76 bits per heavy atom. The van der Waals surface area contributed by atoms with Crippen LogP contribution in [0.25, 0.3) is 0 Å². The van der Waals surface area contributed by atoms with E-state index >= 15 is 0 Å². The monoisotopic (exact) mass is 467 g/mol. The Bertz CT molecular complexity index is 1110. The van der Waals surface area contributed by atoms with Gasteiger partial charge in [-0.3, -0.25) is 9.69 Å². The summed E-state index contributed by atoms with van der Waals surface area (Å²) in [6.07, 6.45) is 1.48. The maximum Gasteiger partial charge on any atom is 0.287 e. The number of furan rings is 1. The SMILES string of the molecule is COCc1ccc(C(=O)N[C@H](CC(C)C)c2nnc3n2CCN(Cc2ccccc2O)CC3)o1. The molecule has 0 saturated heterocycles. The molecule has 2 aromatic heterocycles. The molecule has 2 N–H and O–H groups in total. The summed E-state index contributed by atoms with van der Waals surface area (Å²) < 4.78 is 12.8. The zero-order valence-corrected chi connectivity index (χ0v) is 20.0. The van der Waals surface area contributed by atoms with Crippen molar-refractivity contribution in [2.75, 3.05) is 20.2 Å². The molecule has 1 amide bonds. The number of carbonyl (C=O) groups is 1. The number of benzene rings is 1. The molecule has 1 aliphatic heterocycles. The van der Waals surface area contributed by atoms with Crippen LogP contribution in [-0.4, -0.2) is 50.9 Å². The topological polar surface area (TPSA) is 106 Å². The normalized spacial score (nSPS) is 15.2. The summed E-state index contributed by atoms with van der Waals surface area (Å²) in [7, 11) is 1.58. The molecule has 0 bridgehead atoms. The van der Waals surface area contributed by atoms with Crippen molar-refractivity contribution in [3.63, 3.8) is 0 Å². The summed E-state index contributed by atoms with van der Waals surface area (Å²) in [4.78, 5) is 15.2. The molecule has 0 spiro atoms. The van der Waals surface area contributed by atoms with E-state index in [0.717, 1.165) is 43.1 Å². The first-order valence-corrected chi connectivity index (χ1v) is 11.7. The zero-order chi connectivity index (χ0) is 24.1. The standard InChI is InChI=1S/C25H33N5O4/c1-17(2)14-20(26-25(32)22-9-8-19(34-22)16-33-3)24-28-27-23-10-11-29(12-13-30(23)24)15-18-6-4-5-7-21(18)31/h4-9,17,20,31H,10-16H2,1-3H3,(H,26,32)/t20-/m1/s1. The average molecular weight is 468 g/mol. The van der Waals surface area contributed by atoms with Gasteiger partial charge < -0.3 is 24.1 Å². The Morgan fingerprint density at radius 2 is 2.00 bits per heavy atom. The fourth-order valence-corrected chi connectivity index (χ4v) is 4.34. The van der Waals surface area contributed by atoms with Gasteiger partial charge in [0.25, 0.3) is 5.91 Å². The summed E-state index contributed by atoms with van der Waals surface area (Å²) in [5.74, 6) is 2.93. The number of hydrogen-bond acceptors (Lipinski definition) is 7. The number of amides is 1. The van der Waals surface area contributed by atoms with Crippen LogP contribution in [0.3, 0.4) is 0 Å². The van der Waals surface area contributed by atoms with Gasteiger partial charge in [-0.2, -0.15) is 0 Å². The molecule has 1 aromatic carbocycles. The van der Waals surface area contributed by atoms with E-state index < -0.39 is 0 Å². The van der Waals surface area contributed by atoms with Crippen molar-refractivity contribution < 1.29 is 19.1 Å². The third-order valence-corrected chi connectivity index (χ3v) is 6.03. The first-order valence-electron chi connectivity index (χ1n) is 11.7. The number of para-hydroxylation sites is 1. The van der Waals surface area contributed by atoms with Gasteiger partial charge in [0, 0.05) is 45.3 Å². The molecule has 9 nitrogen and oxygen atoms in total. The van der Waals surface area contributed by atoms with E-state index in [1.54, 1.807) is 25.3 Å². The molecular weight excluding hydrogens is 434 g/mol. The molecule has 34 heavy (non-hydrogen) atoms. The zero-order valence-electron chi connectivity index (χ0n) is 20.0. The van der Waals surface area contributed by atoms with Crippen molar-refractivity contribution in [1.82, 2.24) is 25.0 Å². The number of phenolic OH excluding ortho intramolecular Hbond substituents is 1. The fraction of sp³-hybridized carbons (Fsp3) is 0.480. The van der Waals surface area contributed by atoms with Gasteiger partial charge in [0.15, 0.2) is 11.6 Å². The van der Waals surface area contributed by atoms with Crippen LogP contribution in [0.2, 0.25) is 0 Å². The number of nitrogens with zero attached hydrogens (tertiary/aromatic N) is 4. The van der Waals surface area contributed by atoms with E-state index in [-0.39, 0.29) is 17.7 Å². The number of methoxy groups -OCH3 is 1. The number of aromatic nitrogens is 3. The maximum absolute atomic E-state index is 12.9. The van der Waals surface area contributed by atoms with Crippen LogP contribution in [0.1, 0.15) is 59.8 Å². The Labute approximate surface area is 199 Å². The number of aromatic hydroxyl groups is 1. The van der Waals surface area contributed by atoms with Crippen LogP contribution in [0.4, 0.5) is 0 Å². The van der Waals surface area contributed by atoms with Gasteiger partial charge in [-0.15, -0.1) is 10.2 Å². The molecule has 1 atom stereocenters. The highest BCUT2D eigenvalue weighted by Gasteiger charge is 2.27. The van der Waals surface area contributed by atoms with Crippen molar-refractivity contribution in [2.45, 2.75) is 52.4 Å². The average Bonchev–Trinajstić information content (AvgIpc) is 3.39. The van der Waals surface area contributed by atoms with Crippen molar-refractivity contribution in [3.05, 3.63) is 65.1 Å². The van der Waals surface area contributed by atoms with Crippen LogP contribution < -0.4 is 5.32 Å². The lowest BCUT2D eigenvalue weighted by atomic mass is 10.0. The Morgan fingerprint density at radius 1 is 1.18 bits per heavy atom. The second-order valence-electron chi connectivity index (χ2n) is 9.14. The maximum atomic E-state index is 12.9. The molecule has 3 heterocycles. The van der Waals surface area contributed by atoms with Gasteiger partial charge in [-0.25, -0.2) is 0 Å². The largest absolute Gasteiger partial charge is 0.508 e. The van der Waals surface area contributed by atoms with Gasteiger partial charge in [0.2, 0.25) is 0 Å². The first kappa shape index (κ1) is 24.0. The molecule has 0 radical (unpaired) electrons. The minimum absolute atomic E-state index is 0.255. The smallest absolute Gasteiger partial charge is 0.287 e.